The van der Waals surface area contributed by atoms with Gasteiger partial charge in [-0.05, 0) is 32.9 Å². The molecule has 1 aliphatic heterocycles. The van der Waals surface area contributed by atoms with E-state index < -0.39 is 15.6 Å². The summed E-state index contributed by atoms with van der Waals surface area (Å²) in [5.74, 6) is 0. The van der Waals surface area contributed by atoms with Crippen LogP contribution in [0.3, 0.4) is 0 Å². The molecule has 0 amide bonds. The van der Waals surface area contributed by atoms with E-state index in [9.17, 15) is 13.7 Å². The van der Waals surface area contributed by atoms with Crippen molar-refractivity contribution >= 4 is 10.0 Å². The minimum Gasteiger partial charge on any atom is -0.301 e. The Labute approximate surface area is 122 Å². The van der Waals surface area contributed by atoms with Crippen molar-refractivity contribution in [3.05, 3.63) is 0 Å². The number of piperazine rings is 1. The average molecular weight is 302 g/mol. The maximum Gasteiger partial charge on any atom is 0.211 e. The Morgan fingerprint density at radius 2 is 1.90 bits per heavy atom. The molecule has 1 atom stereocenters. The fraction of sp³-hybridized carbons (Fsp3) is 0.923. The lowest BCUT2D eigenvalue weighted by Gasteiger charge is -2.33. The first-order valence-electron chi connectivity index (χ1n) is 7.14. The summed E-state index contributed by atoms with van der Waals surface area (Å²) < 4.78 is 24.4. The highest BCUT2D eigenvalue weighted by molar-refractivity contribution is 7.88. The first-order chi connectivity index (χ1) is 9.30. The first-order valence-corrected chi connectivity index (χ1v) is 8.99. The highest BCUT2D eigenvalue weighted by atomic mass is 32.2. The predicted octanol–water partition coefficient (Wildman–Crippen LogP) is 0.236. The van der Waals surface area contributed by atoms with Gasteiger partial charge >= 0.3 is 0 Å². The summed E-state index contributed by atoms with van der Waals surface area (Å²) in [4.78, 5) is 2.27. The quantitative estimate of drug-likeness (QED) is 0.729. The minimum absolute atomic E-state index is 0.455. The van der Waals surface area contributed by atoms with Crippen LogP contribution in [0.15, 0.2) is 0 Å². The Bertz CT molecular complexity index is 438. The van der Waals surface area contributed by atoms with E-state index in [1.807, 2.05) is 13.8 Å². The van der Waals surface area contributed by atoms with Gasteiger partial charge in [0.05, 0.1) is 12.3 Å². The van der Waals surface area contributed by atoms with Gasteiger partial charge in [-0.1, -0.05) is 6.92 Å². The van der Waals surface area contributed by atoms with Crippen LogP contribution in [0.25, 0.3) is 0 Å². The summed E-state index contributed by atoms with van der Waals surface area (Å²) in [6.07, 6.45) is 3.01. The van der Waals surface area contributed by atoms with Gasteiger partial charge in [0.2, 0.25) is 10.0 Å². The molecule has 1 N–H and O–H groups in total. The van der Waals surface area contributed by atoms with Gasteiger partial charge in [-0.25, -0.2) is 8.42 Å². The van der Waals surface area contributed by atoms with Crippen LogP contribution in [0.2, 0.25) is 0 Å². The summed E-state index contributed by atoms with van der Waals surface area (Å²) in [5, 5.41) is 12.4. The molecule has 0 bridgehead atoms. The number of nitrogens with one attached hydrogen (secondary N) is 1. The number of nitrogens with zero attached hydrogens (tertiary/aromatic N) is 3. The van der Waals surface area contributed by atoms with Gasteiger partial charge in [-0.3, -0.25) is 5.32 Å². The Hall–Kier alpha value is -0.680. The van der Waals surface area contributed by atoms with E-state index >= 15 is 0 Å². The molecule has 0 aliphatic carbocycles. The van der Waals surface area contributed by atoms with E-state index in [0.717, 1.165) is 39.0 Å². The van der Waals surface area contributed by atoms with Gasteiger partial charge < -0.3 is 4.90 Å². The van der Waals surface area contributed by atoms with Crippen LogP contribution in [0.4, 0.5) is 0 Å². The number of hydrogen-bond acceptors (Lipinski definition) is 5. The lowest BCUT2D eigenvalue weighted by Crippen LogP contribution is -2.48. The van der Waals surface area contributed by atoms with Crippen molar-refractivity contribution in [2.75, 3.05) is 45.5 Å². The van der Waals surface area contributed by atoms with Crippen LogP contribution in [0.1, 0.15) is 26.7 Å². The molecule has 6 nitrogen and oxygen atoms in total. The summed E-state index contributed by atoms with van der Waals surface area (Å²) >= 11 is 0. The summed E-state index contributed by atoms with van der Waals surface area (Å²) in [6.45, 7) is 8.33. The van der Waals surface area contributed by atoms with E-state index in [-0.39, 0.29) is 0 Å². The van der Waals surface area contributed by atoms with Crippen LogP contribution in [0.5, 0.6) is 0 Å². The van der Waals surface area contributed by atoms with Gasteiger partial charge in [0.15, 0.2) is 0 Å². The number of nitriles is 1. The molecule has 1 heterocycles. The van der Waals surface area contributed by atoms with Gasteiger partial charge in [-0.2, -0.15) is 9.57 Å². The zero-order valence-corrected chi connectivity index (χ0v) is 13.5. The van der Waals surface area contributed by atoms with Crippen molar-refractivity contribution in [1.82, 2.24) is 14.5 Å². The van der Waals surface area contributed by atoms with Crippen molar-refractivity contribution in [3.63, 3.8) is 0 Å². The van der Waals surface area contributed by atoms with Crippen LogP contribution < -0.4 is 5.32 Å². The Morgan fingerprint density at radius 1 is 1.30 bits per heavy atom. The molecule has 1 aliphatic rings. The van der Waals surface area contributed by atoms with E-state index in [2.05, 4.69) is 16.3 Å². The Balaban J connectivity index is 2.30. The van der Waals surface area contributed by atoms with Crippen LogP contribution >= 0.6 is 0 Å². The third kappa shape index (κ3) is 5.37. The SMILES string of the molecule is CCNC(C)(C#N)CCCN1CCN(S(C)(=O)=O)CC1. The number of sulfonamides is 1. The molecule has 0 saturated carbocycles. The standard InChI is InChI=1S/C13H26N4O2S/c1-4-15-13(2,12-14)6-5-7-16-8-10-17(11-9-16)20(3,18)19/h15H,4-11H2,1-3H3. The third-order valence-corrected chi connectivity index (χ3v) is 5.07. The maximum absolute atomic E-state index is 11.4. The van der Waals surface area contributed by atoms with Crippen molar-refractivity contribution in [1.29, 1.82) is 5.26 Å². The molecule has 1 fully saturated rings. The zero-order valence-electron chi connectivity index (χ0n) is 12.7. The van der Waals surface area contributed by atoms with E-state index in [1.54, 1.807) is 0 Å². The molecule has 20 heavy (non-hydrogen) atoms. The Morgan fingerprint density at radius 3 is 2.35 bits per heavy atom. The highest BCUT2D eigenvalue weighted by Crippen LogP contribution is 2.13. The fourth-order valence-electron chi connectivity index (χ4n) is 2.51. The summed E-state index contributed by atoms with van der Waals surface area (Å²) in [6, 6.07) is 2.33. The molecule has 0 radical (unpaired) electrons. The molecule has 0 aromatic carbocycles. The third-order valence-electron chi connectivity index (χ3n) is 3.77. The van der Waals surface area contributed by atoms with Crippen molar-refractivity contribution in [2.24, 2.45) is 0 Å². The largest absolute Gasteiger partial charge is 0.301 e. The number of hydrogen-bond donors (Lipinski definition) is 1. The predicted molar refractivity (Wildman–Crippen MR) is 79.8 cm³/mol. The molecule has 1 saturated heterocycles. The summed E-state index contributed by atoms with van der Waals surface area (Å²) in [5.41, 5.74) is -0.455. The van der Waals surface area contributed by atoms with Gasteiger partial charge in [0.1, 0.15) is 5.54 Å². The molecule has 7 heteroatoms. The van der Waals surface area contributed by atoms with Crippen LogP contribution in [-0.4, -0.2) is 68.7 Å². The van der Waals surface area contributed by atoms with Crippen LogP contribution in [-0.2, 0) is 10.0 Å². The average Bonchev–Trinajstić information content (AvgIpc) is 2.38. The zero-order chi connectivity index (χ0) is 15.2. The molecule has 0 aromatic heterocycles. The van der Waals surface area contributed by atoms with E-state index in [4.69, 9.17) is 0 Å². The molecule has 116 valence electrons. The molecule has 1 unspecified atom stereocenters. The molecular weight excluding hydrogens is 276 g/mol. The lowest BCUT2D eigenvalue weighted by atomic mass is 9.97. The maximum atomic E-state index is 11.4. The minimum atomic E-state index is -3.05. The smallest absolute Gasteiger partial charge is 0.211 e. The second kappa shape index (κ2) is 7.36. The summed E-state index contributed by atoms with van der Waals surface area (Å²) in [7, 11) is -3.05. The fourth-order valence-corrected chi connectivity index (χ4v) is 3.34. The Kier molecular flexibility index (Phi) is 6.40. The van der Waals surface area contributed by atoms with Gasteiger partial charge in [0.25, 0.3) is 0 Å². The first kappa shape index (κ1) is 17.4. The van der Waals surface area contributed by atoms with Gasteiger partial charge in [-0.15, -0.1) is 0 Å². The van der Waals surface area contributed by atoms with Crippen LogP contribution in [0, 0.1) is 11.3 Å². The normalized spacial score (nSPS) is 21.3. The molecule has 0 spiro atoms. The lowest BCUT2D eigenvalue weighted by molar-refractivity contribution is 0.182. The molecule has 1 rings (SSSR count). The second-order valence-electron chi connectivity index (χ2n) is 5.58. The van der Waals surface area contributed by atoms with E-state index in [0.29, 0.717) is 13.1 Å². The van der Waals surface area contributed by atoms with Gasteiger partial charge in [0, 0.05) is 26.2 Å². The topological polar surface area (TPSA) is 76.4 Å². The van der Waals surface area contributed by atoms with E-state index in [1.165, 1.54) is 10.6 Å². The van der Waals surface area contributed by atoms with Crippen molar-refractivity contribution < 1.29 is 8.42 Å². The molecule has 0 aromatic rings. The molecular formula is C13H26N4O2S. The monoisotopic (exact) mass is 302 g/mol. The highest BCUT2D eigenvalue weighted by Gasteiger charge is 2.25. The number of rotatable bonds is 7. The van der Waals surface area contributed by atoms with Crippen molar-refractivity contribution in [2.45, 2.75) is 32.2 Å². The second-order valence-corrected chi connectivity index (χ2v) is 7.56. The van der Waals surface area contributed by atoms with Crippen molar-refractivity contribution in [3.8, 4) is 6.07 Å².